The van der Waals surface area contributed by atoms with Crippen LogP contribution in [0.15, 0.2) is 24.3 Å². The van der Waals surface area contributed by atoms with E-state index in [0.717, 1.165) is 31.5 Å². The SMILES string of the molecule is Cc1nc(NC2CCN(C)CC2)c(Cc2ccc(F)cc2)nc1C(N)=O. The van der Waals surface area contributed by atoms with Crippen LogP contribution in [-0.4, -0.2) is 47.0 Å². The highest BCUT2D eigenvalue weighted by Gasteiger charge is 2.21. The van der Waals surface area contributed by atoms with Gasteiger partial charge in [0.05, 0.1) is 11.4 Å². The smallest absolute Gasteiger partial charge is 0.269 e. The lowest BCUT2D eigenvalue weighted by molar-refractivity contribution is 0.0994. The lowest BCUT2D eigenvalue weighted by Gasteiger charge is -2.30. The van der Waals surface area contributed by atoms with Gasteiger partial charge < -0.3 is 16.0 Å². The van der Waals surface area contributed by atoms with Crippen LogP contribution in [0.25, 0.3) is 0 Å². The zero-order valence-corrected chi connectivity index (χ0v) is 15.1. The number of primary amides is 1. The second-order valence-corrected chi connectivity index (χ2v) is 6.84. The topological polar surface area (TPSA) is 84.1 Å². The number of nitrogens with two attached hydrogens (primary N) is 1. The molecule has 0 bridgehead atoms. The maximum absolute atomic E-state index is 13.2. The van der Waals surface area contributed by atoms with Crippen molar-refractivity contribution < 1.29 is 9.18 Å². The number of amides is 1. The highest BCUT2D eigenvalue weighted by molar-refractivity contribution is 5.92. The zero-order valence-electron chi connectivity index (χ0n) is 15.1. The summed E-state index contributed by atoms with van der Waals surface area (Å²) in [6, 6.07) is 6.55. The third-order valence-electron chi connectivity index (χ3n) is 4.72. The van der Waals surface area contributed by atoms with Gasteiger partial charge in [0, 0.05) is 12.5 Å². The molecule has 0 radical (unpaired) electrons. The van der Waals surface area contributed by atoms with E-state index >= 15 is 0 Å². The number of halogens is 1. The molecule has 1 aromatic heterocycles. The maximum Gasteiger partial charge on any atom is 0.269 e. The number of rotatable bonds is 5. The van der Waals surface area contributed by atoms with Crippen molar-refractivity contribution in [1.82, 2.24) is 14.9 Å². The Morgan fingerprint density at radius 1 is 1.27 bits per heavy atom. The van der Waals surface area contributed by atoms with Crippen LogP contribution in [0.3, 0.4) is 0 Å². The molecule has 0 spiro atoms. The Morgan fingerprint density at radius 3 is 2.54 bits per heavy atom. The van der Waals surface area contributed by atoms with E-state index in [1.165, 1.54) is 12.1 Å². The van der Waals surface area contributed by atoms with Crippen LogP contribution in [0.5, 0.6) is 0 Å². The van der Waals surface area contributed by atoms with E-state index in [9.17, 15) is 9.18 Å². The van der Waals surface area contributed by atoms with Gasteiger partial charge in [0.25, 0.3) is 5.91 Å². The first-order chi connectivity index (χ1) is 12.4. The molecule has 6 nitrogen and oxygen atoms in total. The Balaban J connectivity index is 1.89. The normalized spacial score (nSPS) is 15.8. The Labute approximate surface area is 152 Å². The molecule has 2 aromatic rings. The molecular weight excluding hydrogens is 333 g/mol. The summed E-state index contributed by atoms with van der Waals surface area (Å²) in [6.07, 6.45) is 2.48. The van der Waals surface area contributed by atoms with Gasteiger partial charge in [-0.2, -0.15) is 0 Å². The predicted molar refractivity (Wildman–Crippen MR) is 98.6 cm³/mol. The average Bonchev–Trinajstić information content (AvgIpc) is 2.60. The quantitative estimate of drug-likeness (QED) is 0.856. The summed E-state index contributed by atoms with van der Waals surface area (Å²) in [5.74, 6) is -0.209. The highest BCUT2D eigenvalue weighted by Crippen LogP contribution is 2.21. The van der Waals surface area contributed by atoms with Gasteiger partial charge in [0.15, 0.2) is 0 Å². The Morgan fingerprint density at radius 2 is 1.92 bits per heavy atom. The molecule has 0 atom stereocenters. The Hall–Kier alpha value is -2.54. The number of hydrogen-bond donors (Lipinski definition) is 2. The molecule has 1 amide bonds. The minimum Gasteiger partial charge on any atom is -0.366 e. The molecule has 3 N–H and O–H groups in total. The number of benzene rings is 1. The third kappa shape index (κ3) is 4.35. The molecule has 0 saturated carbocycles. The van der Waals surface area contributed by atoms with Crippen molar-refractivity contribution in [3.05, 3.63) is 52.7 Å². The first kappa shape index (κ1) is 18.3. The molecule has 1 fully saturated rings. The van der Waals surface area contributed by atoms with Crippen molar-refractivity contribution in [2.75, 3.05) is 25.5 Å². The van der Waals surface area contributed by atoms with Crippen molar-refractivity contribution in [2.45, 2.75) is 32.2 Å². The van der Waals surface area contributed by atoms with Gasteiger partial charge >= 0.3 is 0 Å². The number of aromatic nitrogens is 2. The van der Waals surface area contributed by atoms with Crippen LogP contribution >= 0.6 is 0 Å². The monoisotopic (exact) mass is 357 g/mol. The zero-order chi connectivity index (χ0) is 18.7. The molecular formula is C19H24FN5O. The van der Waals surface area contributed by atoms with E-state index in [0.29, 0.717) is 29.7 Å². The number of nitrogens with zero attached hydrogens (tertiary/aromatic N) is 3. The van der Waals surface area contributed by atoms with Gasteiger partial charge in [0.1, 0.15) is 17.3 Å². The fourth-order valence-electron chi connectivity index (χ4n) is 3.17. The van der Waals surface area contributed by atoms with Gasteiger partial charge in [-0.1, -0.05) is 12.1 Å². The molecule has 3 rings (SSSR count). The van der Waals surface area contributed by atoms with E-state index in [2.05, 4.69) is 27.2 Å². The summed E-state index contributed by atoms with van der Waals surface area (Å²) in [4.78, 5) is 23.0. The van der Waals surface area contributed by atoms with Crippen LogP contribution in [-0.2, 0) is 6.42 Å². The van der Waals surface area contributed by atoms with E-state index in [4.69, 9.17) is 5.73 Å². The lowest BCUT2D eigenvalue weighted by Crippen LogP contribution is -2.37. The number of likely N-dealkylation sites (tertiary alicyclic amines) is 1. The highest BCUT2D eigenvalue weighted by atomic mass is 19.1. The fraction of sp³-hybridized carbons (Fsp3) is 0.421. The number of carbonyl (C=O) groups excluding carboxylic acids is 1. The fourth-order valence-corrected chi connectivity index (χ4v) is 3.17. The summed E-state index contributed by atoms with van der Waals surface area (Å²) < 4.78 is 13.2. The molecule has 0 unspecified atom stereocenters. The second-order valence-electron chi connectivity index (χ2n) is 6.84. The van der Waals surface area contributed by atoms with E-state index < -0.39 is 5.91 Å². The Bertz CT molecular complexity index is 785. The number of piperidine rings is 1. The minimum atomic E-state index is -0.596. The first-order valence-electron chi connectivity index (χ1n) is 8.79. The molecule has 7 heteroatoms. The third-order valence-corrected chi connectivity index (χ3v) is 4.72. The van der Waals surface area contributed by atoms with E-state index in [1.54, 1.807) is 19.1 Å². The van der Waals surface area contributed by atoms with Crippen molar-refractivity contribution in [1.29, 1.82) is 0 Å². The van der Waals surface area contributed by atoms with Crippen LogP contribution in [0, 0.1) is 12.7 Å². The lowest BCUT2D eigenvalue weighted by atomic mass is 10.0. The average molecular weight is 357 g/mol. The molecule has 138 valence electrons. The van der Waals surface area contributed by atoms with Crippen LogP contribution in [0.4, 0.5) is 10.2 Å². The molecule has 26 heavy (non-hydrogen) atoms. The summed E-state index contributed by atoms with van der Waals surface area (Å²) in [5.41, 5.74) is 7.66. The summed E-state index contributed by atoms with van der Waals surface area (Å²) in [7, 11) is 2.11. The van der Waals surface area contributed by atoms with Crippen molar-refractivity contribution in [3.8, 4) is 0 Å². The maximum atomic E-state index is 13.2. The second kappa shape index (κ2) is 7.78. The number of aryl methyl sites for hydroxylation is 1. The summed E-state index contributed by atoms with van der Waals surface area (Å²) in [5, 5.41) is 3.48. The van der Waals surface area contributed by atoms with Crippen LogP contribution < -0.4 is 11.1 Å². The molecule has 1 aliphatic rings. The van der Waals surface area contributed by atoms with Crippen molar-refractivity contribution in [2.24, 2.45) is 5.73 Å². The molecule has 1 saturated heterocycles. The molecule has 2 heterocycles. The van der Waals surface area contributed by atoms with E-state index in [1.807, 2.05) is 0 Å². The predicted octanol–water partition coefficient (Wildman–Crippen LogP) is 2.12. The number of anilines is 1. The van der Waals surface area contributed by atoms with Crippen molar-refractivity contribution in [3.63, 3.8) is 0 Å². The number of carbonyl (C=O) groups is 1. The van der Waals surface area contributed by atoms with Gasteiger partial charge in [0.2, 0.25) is 0 Å². The summed E-state index contributed by atoms with van der Waals surface area (Å²) in [6.45, 7) is 3.78. The summed E-state index contributed by atoms with van der Waals surface area (Å²) >= 11 is 0. The standard InChI is InChI=1S/C19H24FN5O/c1-12-17(18(21)26)24-16(11-13-3-5-14(20)6-4-13)19(22-12)23-15-7-9-25(2)10-8-15/h3-6,15H,7-11H2,1-2H3,(H2,21,26)(H,22,23). The Kier molecular flexibility index (Phi) is 5.46. The largest absolute Gasteiger partial charge is 0.366 e. The number of hydrogen-bond acceptors (Lipinski definition) is 5. The van der Waals surface area contributed by atoms with Gasteiger partial charge in [-0.25, -0.2) is 14.4 Å². The molecule has 1 aliphatic heterocycles. The number of nitrogens with one attached hydrogen (secondary N) is 1. The van der Waals surface area contributed by atoms with Gasteiger partial charge in [-0.05, 0) is 57.6 Å². The van der Waals surface area contributed by atoms with Crippen LogP contribution in [0.2, 0.25) is 0 Å². The van der Waals surface area contributed by atoms with E-state index in [-0.39, 0.29) is 11.5 Å². The molecule has 1 aromatic carbocycles. The minimum absolute atomic E-state index is 0.177. The van der Waals surface area contributed by atoms with Crippen LogP contribution in [0.1, 0.15) is 40.3 Å². The van der Waals surface area contributed by atoms with Gasteiger partial charge in [-0.3, -0.25) is 4.79 Å². The first-order valence-corrected chi connectivity index (χ1v) is 8.79. The molecule has 0 aliphatic carbocycles. The van der Waals surface area contributed by atoms with Gasteiger partial charge in [-0.15, -0.1) is 0 Å². The van der Waals surface area contributed by atoms with Crippen molar-refractivity contribution >= 4 is 11.7 Å².